The first-order valence-corrected chi connectivity index (χ1v) is 16.3. The van der Waals surface area contributed by atoms with Crippen LogP contribution in [-0.2, 0) is 39.2 Å². The zero-order valence-corrected chi connectivity index (χ0v) is 32.4. The van der Waals surface area contributed by atoms with E-state index in [1.807, 2.05) is 36.4 Å². The third-order valence-corrected chi connectivity index (χ3v) is 6.97. The van der Waals surface area contributed by atoms with E-state index < -0.39 is 20.2 Å². The maximum absolute atomic E-state index is 10.5. The fourth-order valence-electron chi connectivity index (χ4n) is 3.46. The van der Waals surface area contributed by atoms with Gasteiger partial charge in [0.25, 0.3) is 0 Å². The fourth-order valence-corrected chi connectivity index (χ4v) is 4.57. The van der Waals surface area contributed by atoms with Crippen molar-refractivity contribution in [2.75, 3.05) is 77.6 Å². The Bertz CT molecular complexity index is 1100. The van der Waals surface area contributed by atoms with Gasteiger partial charge >= 0.3 is 103 Å². The molecule has 2 rings (SSSR count). The summed E-state index contributed by atoms with van der Waals surface area (Å²) in [5.74, 6) is 0.402. The van der Waals surface area contributed by atoms with Crippen LogP contribution in [0.2, 0.25) is 0 Å². The molecule has 0 saturated heterocycles. The van der Waals surface area contributed by atoms with Crippen molar-refractivity contribution in [2.45, 2.75) is 25.7 Å². The Balaban J connectivity index is 0.00000840. The molecule has 0 fully saturated rings. The second kappa shape index (κ2) is 25.3. The van der Waals surface area contributed by atoms with Gasteiger partial charge in [-0.2, -0.15) is 0 Å². The Kier molecular flexibility index (Phi) is 26.1. The van der Waals surface area contributed by atoms with Gasteiger partial charge < -0.3 is 37.5 Å². The number of fused-ring (bicyclic) bond motifs is 1. The third-order valence-electron chi connectivity index (χ3n) is 5.39. The summed E-state index contributed by atoms with van der Waals surface area (Å²) in [6.07, 6.45) is 1.54. The molecule has 2 aromatic rings. The molecule has 0 heterocycles. The molecule has 42 heavy (non-hydrogen) atoms. The summed E-state index contributed by atoms with van der Waals surface area (Å²) in [5, 5.41) is 2.01. The van der Waals surface area contributed by atoms with Crippen LogP contribution in [-0.4, -0.2) is 104 Å². The van der Waals surface area contributed by atoms with Gasteiger partial charge in [0.15, 0.2) is 11.5 Å². The van der Waals surface area contributed by atoms with Gasteiger partial charge in [-0.3, -0.25) is 0 Å². The van der Waals surface area contributed by atoms with Crippen LogP contribution in [0.25, 0.3) is 10.8 Å². The van der Waals surface area contributed by atoms with Crippen molar-refractivity contribution >= 4 is 31.0 Å². The Morgan fingerprint density at radius 2 is 0.833 bits per heavy atom. The Hall–Kier alpha value is 1.23. The number of ether oxygens (including phenoxy) is 6. The standard InChI is InChI=1S/C26H40O12S2.2K/c27-39(28,29)19-5-3-9-33-11-13-35-15-17-37-25-21-23-7-1-2-8-24(23)22-26(25)38-18-16-36-14-12-34-10-4-6-20-40(30,31)32;;/h1-2,7-8,21-22H,3-6,9-20H2,(H,27,28,29)(H,30,31,32);;/q;2*+1/p-2. The molecule has 2 aromatic carbocycles. The summed E-state index contributed by atoms with van der Waals surface area (Å²) in [6, 6.07) is 11.7. The molecule has 0 atom stereocenters. The molecule has 228 valence electrons. The van der Waals surface area contributed by atoms with Gasteiger partial charge in [-0.25, -0.2) is 16.8 Å². The number of hydrogen-bond acceptors (Lipinski definition) is 12. The minimum absolute atomic E-state index is 0. The molecule has 0 unspecified atom stereocenters. The molecule has 0 saturated carbocycles. The van der Waals surface area contributed by atoms with Crippen molar-refractivity contribution < 1.29 is 157 Å². The van der Waals surface area contributed by atoms with E-state index in [1.54, 1.807) is 0 Å². The second-order valence-corrected chi connectivity index (χ2v) is 11.8. The number of hydrogen-bond donors (Lipinski definition) is 0. The first kappa shape index (κ1) is 43.2. The minimum atomic E-state index is -4.17. The number of unbranched alkanes of at least 4 members (excludes halogenated alkanes) is 2. The molecule has 0 bridgehead atoms. The Morgan fingerprint density at radius 1 is 0.500 bits per heavy atom. The predicted molar refractivity (Wildman–Crippen MR) is 146 cm³/mol. The summed E-state index contributed by atoms with van der Waals surface area (Å²) in [6.45, 7) is 3.40. The van der Waals surface area contributed by atoms with Crippen molar-refractivity contribution in [3.8, 4) is 11.5 Å². The van der Waals surface area contributed by atoms with Crippen LogP contribution in [0.4, 0.5) is 0 Å². The molecule has 0 radical (unpaired) electrons. The van der Waals surface area contributed by atoms with E-state index in [4.69, 9.17) is 28.4 Å². The van der Waals surface area contributed by atoms with Gasteiger partial charge in [0, 0.05) is 24.7 Å². The van der Waals surface area contributed by atoms with Crippen LogP contribution < -0.4 is 112 Å². The van der Waals surface area contributed by atoms with Crippen LogP contribution in [0.15, 0.2) is 36.4 Å². The van der Waals surface area contributed by atoms with E-state index in [-0.39, 0.29) is 127 Å². The molecule has 0 aliphatic heterocycles. The molecule has 0 spiro atoms. The van der Waals surface area contributed by atoms with Gasteiger partial charge in [0.1, 0.15) is 13.2 Å². The monoisotopic (exact) mass is 684 g/mol. The van der Waals surface area contributed by atoms with Crippen molar-refractivity contribution in [1.82, 2.24) is 0 Å². The summed E-state index contributed by atoms with van der Waals surface area (Å²) >= 11 is 0. The van der Waals surface area contributed by atoms with Crippen molar-refractivity contribution in [3.63, 3.8) is 0 Å². The van der Waals surface area contributed by atoms with E-state index in [0.29, 0.717) is 90.4 Å². The van der Waals surface area contributed by atoms with Gasteiger partial charge in [-0.1, -0.05) is 24.3 Å². The Morgan fingerprint density at radius 3 is 1.19 bits per heavy atom. The smallest absolute Gasteiger partial charge is 0.748 e. The van der Waals surface area contributed by atoms with Crippen molar-refractivity contribution in [2.24, 2.45) is 0 Å². The summed E-state index contributed by atoms with van der Waals surface area (Å²) in [7, 11) is -8.34. The summed E-state index contributed by atoms with van der Waals surface area (Å²) in [5.41, 5.74) is 0. The SMILES string of the molecule is O=S(=O)([O-])CCCCOCCOCCOc1cc2ccccc2cc1OCCOCCOCCCCS(=O)(=O)[O-].[K+].[K+]. The average Bonchev–Trinajstić information content (AvgIpc) is 2.89. The van der Waals surface area contributed by atoms with E-state index >= 15 is 0 Å². The number of benzene rings is 2. The second-order valence-electron chi connectivity index (χ2n) is 8.73. The van der Waals surface area contributed by atoms with Gasteiger partial charge in [-0.05, 0) is 48.6 Å². The molecule has 0 aromatic heterocycles. The van der Waals surface area contributed by atoms with Crippen LogP contribution in [0.1, 0.15) is 25.7 Å². The maximum Gasteiger partial charge on any atom is 1.00 e. The predicted octanol–water partition coefficient (Wildman–Crippen LogP) is -3.68. The third kappa shape index (κ3) is 22.7. The normalized spacial score (nSPS) is 11.6. The molecule has 0 aliphatic rings. The largest absolute Gasteiger partial charge is 1.00 e. The van der Waals surface area contributed by atoms with E-state index in [9.17, 15) is 25.9 Å². The van der Waals surface area contributed by atoms with E-state index in [1.165, 1.54) is 0 Å². The van der Waals surface area contributed by atoms with Gasteiger partial charge in [0.05, 0.1) is 59.9 Å². The average molecular weight is 685 g/mol. The topological polar surface area (TPSA) is 170 Å². The quantitative estimate of drug-likeness (QED) is 0.0604. The zero-order chi connectivity index (χ0) is 29.1. The first-order valence-electron chi connectivity index (χ1n) is 13.1. The van der Waals surface area contributed by atoms with Crippen LogP contribution in [0, 0.1) is 0 Å². The minimum Gasteiger partial charge on any atom is -0.748 e. The van der Waals surface area contributed by atoms with E-state index in [0.717, 1.165) is 10.8 Å². The molecule has 0 aliphatic carbocycles. The Labute approximate surface area is 334 Å². The molecule has 0 amide bonds. The fraction of sp³-hybridized carbons (Fsp3) is 0.615. The van der Waals surface area contributed by atoms with Gasteiger partial charge in [-0.15, -0.1) is 0 Å². The van der Waals surface area contributed by atoms with Crippen molar-refractivity contribution in [3.05, 3.63) is 36.4 Å². The molecular formula is C26H38K2O12S2. The summed E-state index contributed by atoms with van der Waals surface area (Å²) < 4.78 is 96.8. The van der Waals surface area contributed by atoms with Crippen molar-refractivity contribution in [1.29, 1.82) is 0 Å². The van der Waals surface area contributed by atoms with Gasteiger partial charge in [0.2, 0.25) is 0 Å². The number of rotatable bonds is 24. The molecule has 0 N–H and O–H groups in total. The van der Waals surface area contributed by atoms with Crippen LogP contribution in [0.3, 0.4) is 0 Å². The molecule has 16 heteroatoms. The molecule has 12 nitrogen and oxygen atoms in total. The summed E-state index contributed by atoms with van der Waals surface area (Å²) in [4.78, 5) is 0. The van der Waals surface area contributed by atoms with Crippen LogP contribution in [0.5, 0.6) is 11.5 Å². The molecular weight excluding hydrogens is 647 g/mol. The van der Waals surface area contributed by atoms with E-state index in [2.05, 4.69) is 0 Å². The first-order chi connectivity index (χ1) is 19.1. The maximum atomic E-state index is 10.5. The zero-order valence-electron chi connectivity index (χ0n) is 24.5. The van der Waals surface area contributed by atoms with Crippen LogP contribution >= 0.6 is 0 Å².